The molecular formula is C7H10FeNaO2. The molecule has 0 heterocycles. The zero-order chi connectivity index (χ0) is 7.54. The Labute approximate surface area is 101 Å². The molecule has 1 aliphatic carbocycles. The average Bonchev–Trinajstić information content (AvgIpc) is 2.51. The summed E-state index contributed by atoms with van der Waals surface area (Å²) < 4.78 is 15.0. The summed E-state index contributed by atoms with van der Waals surface area (Å²) >= 11 is 0. The maximum atomic E-state index is 7.50. The topological polar surface area (TPSA) is 39.8 Å². The number of hydrogen-bond acceptors (Lipinski definition) is 0. The van der Waals surface area contributed by atoms with E-state index in [1.807, 2.05) is 0 Å². The van der Waals surface area contributed by atoms with Gasteiger partial charge in [-0.15, -0.1) is 0 Å². The summed E-state index contributed by atoms with van der Waals surface area (Å²) in [5, 5.41) is 0. The SMILES string of the molecule is C1CCCC1.[C-]#[O+].[C-]#[O+].[Fe].[Na]. The molecule has 0 aromatic rings. The van der Waals surface area contributed by atoms with E-state index in [0.717, 1.165) is 0 Å². The van der Waals surface area contributed by atoms with Gasteiger partial charge in [-0.2, -0.15) is 0 Å². The van der Waals surface area contributed by atoms with E-state index in [0.29, 0.717) is 0 Å². The van der Waals surface area contributed by atoms with Gasteiger partial charge in [-0.25, -0.2) is 0 Å². The van der Waals surface area contributed by atoms with Crippen molar-refractivity contribution in [1.29, 1.82) is 0 Å². The smallest absolute Gasteiger partial charge is 0 e. The third-order valence-electron chi connectivity index (χ3n) is 1.25. The monoisotopic (exact) mass is 205 g/mol. The van der Waals surface area contributed by atoms with Crippen molar-refractivity contribution < 1.29 is 26.4 Å². The Kier molecular flexibility index (Phi) is 63.0. The van der Waals surface area contributed by atoms with Crippen LogP contribution in [0.2, 0.25) is 0 Å². The van der Waals surface area contributed by atoms with Crippen molar-refractivity contribution in [2.75, 3.05) is 0 Å². The maximum Gasteiger partial charge on any atom is 0 e. The molecule has 1 rings (SSSR count). The predicted molar refractivity (Wildman–Crippen MR) is 36.7 cm³/mol. The van der Waals surface area contributed by atoms with Crippen molar-refractivity contribution in [3.63, 3.8) is 0 Å². The molecule has 0 spiro atoms. The van der Waals surface area contributed by atoms with E-state index in [1.54, 1.807) is 0 Å². The molecule has 59 valence electrons. The summed E-state index contributed by atoms with van der Waals surface area (Å²) in [6, 6.07) is 0. The molecular weight excluding hydrogens is 195 g/mol. The molecule has 0 aromatic carbocycles. The molecule has 11 heavy (non-hydrogen) atoms. The molecule has 4 heteroatoms. The molecule has 0 atom stereocenters. The average molecular weight is 205 g/mol. The summed E-state index contributed by atoms with van der Waals surface area (Å²) in [7, 11) is 0. The van der Waals surface area contributed by atoms with Crippen LogP contribution in [0.15, 0.2) is 0 Å². The molecule has 1 radical (unpaired) electrons. The third kappa shape index (κ3) is 24.8. The van der Waals surface area contributed by atoms with E-state index in [1.165, 1.54) is 32.1 Å². The van der Waals surface area contributed by atoms with Gasteiger partial charge in [0.2, 0.25) is 0 Å². The van der Waals surface area contributed by atoms with E-state index in [2.05, 4.69) is 13.3 Å². The molecule has 1 saturated carbocycles. The van der Waals surface area contributed by atoms with Crippen molar-refractivity contribution in [2.45, 2.75) is 32.1 Å². The van der Waals surface area contributed by atoms with Crippen LogP contribution in [-0.2, 0) is 26.4 Å². The van der Waals surface area contributed by atoms with Crippen LogP contribution in [0.1, 0.15) is 32.1 Å². The minimum atomic E-state index is 0. The summed E-state index contributed by atoms with van der Waals surface area (Å²) in [5.41, 5.74) is 0. The van der Waals surface area contributed by atoms with Crippen LogP contribution in [0.4, 0.5) is 0 Å². The first-order valence-corrected chi connectivity index (χ1v) is 2.91. The van der Waals surface area contributed by atoms with Gasteiger partial charge in [0.15, 0.2) is 0 Å². The molecule has 2 nitrogen and oxygen atoms in total. The zero-order valence-corrected chi connectivity index (χ0v) is 9.81. The Bertz CT molecular complexity index is 65.4. The second kappa shape index (κ2) is 30.6. The van der Waals surface area contributed by atoms with Crippen molar-refractivity contribution in [1.82, 2.24) is 0 Å². The van der Waals surface area contributed by atoms with Crippen LogP contribution < -0.4 is 0 Å². The number of hydrogen-bond donors (Lipinski definition) is 0. The van der Waals surface area contributed by atoms with E-state index in [9.17, 15) is 0 Å². The molecule has 1 fully saturated rings. The van der Waals surface area contributed by atoms with Gasteiger partial charge in [0, 0.05) is 46.6 Å². The van der Waals surface area contributed by atoms with Crippen molar-refractivity contribution >= 4 is 29.6 Å². The fraction of sp³-hybridized carbons (Fsp3) is 0.714. The van der Waals surface area contributed by atoms with Crippen molar-refractivity contribution in [3.05, 3.63) is 13.3 Å². The third-order valence-corrected chi connectivity index (χ3v) is 1.25. The molecule has 0 aliphatic heterocycles. The van der Waals surface area contributed by atoms with Crippen LogP contribution >= 0.6 is 0 Å². The summed E-state index contributed by atoms with van der Waals surface area (Å²) in [6.07, 6.45) is 7.50. The second-order valence-corrected chi connectivity index (χ2v) is 1.77. The molecule has 0 aromatic heterocycles. The van der Waals surface area contributed by atoms with E-state index in [-0.39, 0.29) is 46.6 Å². The van der Waals surface area contributed by atoms with Gasteiger partial charge in [0.25, 0.3) is 0 Å². The molecule has 0 bridgehead atoms. The van der Waals surface area contributed by atoms with E-state index < -0.39 is 0 Å². The van der Waals surface area contributed by atoms with Gasteiger partial charge < -0.3 is 0 Å². The quantitative estimate of drug-likeness (QED) is 0.326. The van der Waals surface area contributed by atoms with Gasteiger partial charge in [-0.3, -0.25) is 0 Å². The van der Waals surface area contributed by atoms with Crippen LogP contribution in [0.3, 0.4) is 0 Å². The molecule has 0 saturated heterocycles. The Hall–Kier alpha value is 0.999. The molecule has 0 amide bonds. The van der Waals surface area contributed by atoms with Gasteiger partial charge in [-0.1, -0.05) is 32.1 Å². The minimum absolute atomic E-state index is 0. The molecule has 0 N–H and O–H groups in total. The van der Waals surface area contributed by atoms with Crippen LogP contribution in [0.25, 0.3) is 0 Å². The van der Waals surface area contributed by atoms with Gasteiger partial charge in [0.1, 0.15) is 0 Å². The van der Waals surface area contributed by atoms with Crippen LogP contribution in [0.5, 0.6) is 0 Å². The Balaban J connectivity index is -0.0000000369. The summed E-state index contributed by atoms with van der Waals surface area (Å²) in [5.74, 6) is 0. The first-order valence-electron chi connectivity index (χ1n) is 2.91. The maximum absolute atomic E-state index is 7.50. The fourth-order valence-electron chi connectivity index (χ4n) is 0.884. The molecule has 1 aliphatic rings. The second-order valence-electron chi connectivity index (χ2n) is 1.77. The Morgan fingerprint density at radius 1 is 0.636 bits per heavy atom. The van der Waals surface area contributed by atoms with E-state index in [4.69, 9.17) is 9.30 Å². The van der Waals surface area contributed by atoms with Gasteiger partial charge >= 0.3 is 22.6 Å². The number of rotatable bonds is 0. The Morgan fingerprint density at radius 3 is 0.818 bits per heavy atom. The molecule has 0 unspecified atom stereocenters. The van der Waals surface area contributed by atoms with Crippen molar-refractivity contribution in [3.8, 4) is 0 Å². The first kappa shape index (κ1) is 22.7. The summed E-state index contributed by atoms with van der Waals surface area (Å²) in [4.78, 5) is 0. The predicted octanol–water partition coefficient (Wildman–Crippen LogP) is 1.49. The minimum Gasteiger partial charge on any atom is 0 e. The van der Waals surface area contributed by atoms with Crippen LogP contribution in [-0.4, -0.2) is 29.6 Å². The standard InChI is InChI=1S/C5H10.2CO.Fe.Na/c1-2-4-5-3-1;2*1-2;;/h1-5H2;;;;. The fourth-order valence-corrected chi connectivity index (χ4v) is 0.884. The largest absolute Gasteiger partial charge is 0 e. The van der Waals surface area contributed by atoms with Crippen LogP contribution in [0, 0.1) is 13.3 Å². The van der Waals surface area contributed by atoms with Gasteiger partial charge in [0.05, 0.1) is 0 Å². The normalized spacial score (nSPS) is 11.3. The van der Waals surface area contributed by atoms with E-state index >= 15 is 0 Å². The van der Waals surface area contributed by atoms with Crippen molar-refractivity contribution in [2.24, 2.45) is 0 Å². The Morgan fingerprint density at radius 2 is 0.727 bits per heavy atom. The van der Waals surface area contributed by atoms with Gasteiger partial charge in [-0.05, 0) is 0 Å². The zero-order valence-electron chi connectivity index (χ0n) is 6.71. The first-order chi connectivity index (χ1) is 4.50. The summed E-state index contributed by atoms with van der Waals surface area (Å²) in [6.45, 7) is 9.00.